The van der Waals surface area contributed by atoms with Gasteiger partial charge in [0.25, 0.3) is 11.5 Å². The molecule has 0 radical (unpaired) electrons. The number of hydroxylamine groups is 1. The third-order valence-electron chi connectivity index (χ3n) is 5.49. The third-order valence-corrected chi connectivity index (χ3v) is 5.49. The molecular weight excluding hydrogens is 436 g/mol. The Labute approximate surface area is 187 Å². The summed E-state index contributed by atoms with van der Waals surface area (Å²) < 4.78 is 1.33. The lowest BCUT2D eigenvalue weighted by Gasteiger charge is -2.23. The number of imidazole rings is 1. The van der Waals surface area contributed by atoms with Crippen LogP contribution in [0.25, 0.3) is 11.2 Å². The van der Waals surface area contributed by atoms with Gasteiger partial charge in [-0.15, -0.1) is 0 Å². The van der Waals surface area contributed by atoms with Gasteiger partial charge in [-0.25, -0.2) is 10.5 Å². The number of nitrogens with zero attached hydrogens (tertiary/aromatic N) is 4. The Balaban J connectivity index is 1.71. The van der Waals surface area contributed by atoms with E-state index in [1.54, 1.807) is 5.48 Å². The van der Waals surface area contributed by atoms with Crippen LogP contribution in [0.5, 0.6) is 0 Å². The van der Waals surface area contributed by atoms with E-state index in [2.05, 4.69) is 20.3 Å². The number of likely N-dealkylation sites (tertiary alicyclic amines) is 1. The standard InChI is InChI=1S/C18H28N10O5/c19-4-2-1-3-10(20)15(30)23-9-5-11(16(31)26-33)28(6-9)12(29)7-27-8-22-13-14(27)24-18(21)25-17(13)32/h8-11,33H,1-7,19-20H2,(H,23,30)(H,26,31)(H3,21,24,25,32)/t9-,10-,11-/m0/s1. The zero-order chi connectivity index (χ0) is 24.1. The molecule has 0 bridgehead atoms. The first-order chi connectivity index (χ1) is 15.7. The molecule has 3 amide bonds. The molecule has 15 heteroatoms. The van der Waals surface area contributed by atoms with Gasteiger partial charge in [-0.2, -0.15) is 4.98 Å². The molecule has 0 saturated carbocycles. The summed E-state index contributed by atoms with van der Waals surface area (Å²) in [5.41, 5.74) is 18.1. The first-order valence-electron chi connectivity index (χ1n) is 10.4. The Hall–Kier alpha value is -3.56. The SMILES string of the molecule is NCCCC[C@H](N)C(=O)N[C@H]1C[C@@H](C(=O)NO)N(C(=O)Cn2cnc3c(=O)[nH]c(N)nc32)C1. The lowest BCUT2D eigenvalue weighted by Crippen LogP contribution is -2.47. The molecule has 10 N–H and O–H groups in total. The van der Waals surface area contributed by atoms with E-state index in [-0.39, 0.29) is 36.6 Å². The van der Waals surface area contributed by atoms with Gasteiger partial charge in [0, 0.05) is 12.6 Å². The normalized spacial score (nSPS) is 18.9. The maximum atomic E-state index is 13.0. The lowest BCUT2D eigenvalue weighted by atomic mass is 10.1. The van der Waals surface area contributed by atoms with Gasteiger partial charge in [0.1, 0.15) is 12.6 Å². The quantitative estimate of drug-likeness (QED) is 0.111. The number of aromatic amines is 1. The van der Waals surface area contributed by atoms with E-state index in [1.165, 1.54) is 15.8 Å². The number of amides is 3. The predicted molar refractivity (Wildman–Crippen MR) is 115 cm³/mol. The minimum atomic E-state index is -1.02. The van der Waals surface area contributed by atoms with Gasteiger partial charge < -0.3 is 32.0 Å². The van der Waals surface area contributed by atoms with Crippen LogP contribution in [0.2, 0.25) is 0 Å². The van der Waals surface area contributed by atoms with Crippen LogP contribution >= 0.6 is 0 Å². The smallest absolute Gasteiger partial charge is 0.280 e. The van der Waals surface area contributed by atoms with Crippen molar-refractivity contribution in [2.24, 2.45) is 11.5 Å². The average molecular weight is 464 g/mol. The Kier molecular flexibility index (Phi) is 7.57. The number of rotatable bonds is 9. The van der Waals surface area contributed by atoms with E-state index >= 15 is 0 Å². The van der Waals surface area contributed by atoms with Crippen molar-refractivity contribution in [2.75, 3.05) is 18.8 Å². The molecular formula is C18H28N10O5. The Morgan fingerprint density at radius 2 is 2.09 bits per heavy atom. The van der Waals surface area contributed by atoms with Crippen molar-refractivity contribution < 1.29 is 19.6 Å². The number of fused-ring (bicyclic) bond motifs is 1. The van der Waals surface area contributed by atoms with Crippen molar-refractivity contribution in [3.63, 3.8) is 0 Å². The molecule has 3 atom stereocenters. The van der Waals surface area contributed by atoms with Crippen molar-refractivity contribution in [3.05, 3.63) is 16.7 Å². The second-order valence-corrected chi connectivity index (χ2v) is 7.87. The number of nitrogen functional groups attached to an aromatic ring is 1. The number of H-pyrrole nitrogens is 1. The molecule has 3 rings (SSSR count). The third kappa shape index (κ3) is 5.44. The molecule has 2 aromatic heterocycles. The molecule has 0 spiro atoms. The van der Waals surface area contributed by atoms with E-state index in [0.717, 1.165) is 6.42 Å². The highest BCUT2D eigenvalue weighted by atomic mass is 16.5. The number of hydrogen-bond acceptors (Lipinski definition) is 10. The monoisotopic (exact) mass is 464 g/mol. The summed E-state index contributed by atoms with van der Waals surface area (Å²) in [5.74, 6) is -1.82. The maximum absolute atomic E-state index is 13.0. The number of carbonyl (C=O) groups excluding carboxylic acids is 3. The van der Waals surface area contributed by atoms with E-state index in [9.17, 15) is 19.2 Å². The highest BCUT2D eigenvalue weighted by Gasteiger charge is 2.40. The first-order valence-corrected chi connectivity index (χ1v) is 10.4. The van der Waals surface area contributed by atoms with Gasteiger partial charge in [-0.1, -0.05) is 6.42 Å². The molecule has 1 saturated heterocycles. The lowest BCUT2D eigenvalue weighted by molar-refractivity contribution is -0.142. The van der Waals surface area contributed by atoms with Crippen LogP contribution in [0.4, 0.5) is 5.95 Å². The highest BCUT2D eigenvalue weighted by Crippen LogP contribution is 2.20. The zero-order valence-electron chi connectivity index (χ0n) is 17.9. The molecule has 180 valence electrons. The Bertz CT molecular complexity index is 1080. The molecule has 3 heterocycles. The van der Waals surface area contributed by atoms with Crippen molar-refractivity contribution in [2.45, 2.75) is 50.4 Å². The molecule has 2 aromatic rings. The van der Waals surface area contributed by atoms with Crippen LogP contribution in [-0.2, 0) is 20.9 Å². The van der Waals surface area contributed by atoms with Crippen LogP contribution in [0.3, 0.4) is 0 Å². The number of carbonyl (C=O) groups is 3. The summed E-state index contributed by atoms with van der Waals surface area (Å²) in [4.78, 5) is 61.0. The second kappa shape index (κ2) is 10.4. The van der Waals surface area contributed by atoms with Crippen molar-refractivity contribution in [3.8, 4) is 0 Å². The predicted octanol–water partition coefficient (Wildman–Crippen LogP) is -3.25. The number of nitrogens with two attached hydrogens (primary N) is 3. The number of anilines is 1. The average Bonchev–Trinajstić information content (AvgIpc) is 3.38. The van der Waals surface area contributed by atoms with E-state index in [0.29, 0.717) is 19.4 Å². The van der Waals surface area contributed by atoms with Crippen LogP contribution in [0.15, 0.2) is 11.1 Å². The Morgan fingerprint density at radius 1 is 1.33 bits per heavy atom. The largest absolute Gasteiger partial charge is 0.369 e. The fourth-order valence-corrected chi connectivity index (χ4v) is 3.81. The summed E-state index contributed by atoms with van der Waals surface area (Å²) in [6.07, 6.45) is 3.27. The topological polar surface area (TPSA) is 240 Å². The van der Waals surface area contributed by atoms with Gasteiger partial charge >= 0.3 is 0 Å². The van der Waals surface area contributed by atoms with Crippen LogP contribution in [0.1, 0.15) is 25.7 Å². The summed E-state index contributed by atoms with van der Waals surface area (Å²) in [6.45, 7) is 0.247. The first kappa shape index (κ1) is 24.1. The molecule has 0 aromatic carbocycles. The molecule has 1 aliphatic heterocycles. The summed E-state index contributed by atoms with van der Waals surface area (Å²) in [5, 5.41) is 11.9. The number of unbranched alkanes of at least 4 members (excludes halogenated alkanes) is 1. The molecule has 0 aliphatic carbocycles. The minimum Gasteiger partial charge on any atom is -0.369 e. The van der Waals surface area contributed by atoms with E-state index in [4.69, 9.17) is 22.4 Å². The van der Waals surface area contributed by atoms with Crippen LogP contribution in [0, 0.1) is 0 Å². The molecule has 15 nitrogen and oxygen atoms in total. The van der Waals surface area contributed by atoms with Gasteiger partial charge in [0.05, 0.1) is 12.4 Å². The maximum Gasteiger partial charge on any atom is 0.280 e. The molecule has 1 fully saturated rings. The number of aromatic nitrogens is 4. The second-order valence-electron chi connectivity index (χ2n) is 7.87. The fraction of sp³-hybridized carbons (Fsp3) is 0.556. The minimum absolute atomic E-state index is 0.0110. The van der Waals surface area contributed by atoms with Crippen LogP contribution in [-0.4, -0.2) is 78.6 Å². The van der Waals surface area contributed by atoms with Gasteiger partial charge in [-0.05, 0) is 25.8 Å². The number of hydrogen-bond donors (Lipinski definition) is 7. The summed E-state index contributed by atoms with van der Waals surface area (Å²) in [7, 11) is 0. The summed E-state index contributed by atoms with van der Waals surface area (Å²) >= 11 is 0. The summed E-state index contributed by atoms with van der Waals surface area (Å²) in [6, 6.07) is -2.30. The highest BCUT2D eigenvalue weighted by molar-refractivity contribution is 5.89. The van der Waals surface area contributed by atoms with Crippen LogP contribution < -0.4 is 33.6 Å². The molecule has 1 aliphatic rings. The Morgan fingerprint density at radius 3 is 2.79 bits per heavy atom. The zero-order valence-corrected chi connectivity index (χ0v) is 17.9. The van der Waals surface area contributed by atoms with E-state index in [1.807, 2.05) is 0 Å². The van der Waals surface area contributed by atoms with Gasteiger partial charge in [-0.3, -0.25) is 29.4 Å². The number of nitrogens with one attached hydrogen (secondary N) is 3. The van der Waals surface area contributed by atoms with Crippen molar-refractivity contribution in [1.29, 1.82) is 0 Å². The van der Waals surface area contributed by atoms with Gasteiger partial charge in [0.2, 0.25) is 17.8 Å². The fourth-order valence-electron chi connectivity index (χ4n) is 3.81. The van der Waals surface area contributed by atoms with Gasteiger partial charge in [0.15, 0.2) is 11.2 Å². The molecule has 0 unspecified atom stereocenters. The molecule has 33 heavy (non-hydrogen) atoms. The van der Waals surface area contributed by atoms with E-state index < -0.39 is 41.4 Å². The van der Waals surface area contributed by atoms with Crippen molar-refractivity contribution >= 4 is 34.8 Å². The van der Waals surface area contributed by atoms with Crippen molar-refractivity contribution in [1.82, 2.24) is 35.2 Å².